The first-order valence-electron chi connectivity index (χ1n) is 5.83. The Morgan fingerprint density at radius 2 is 2.25 bits per heavy atom. The van der Waals surface area contributed by atoms with E-state index in [0.717, 1.165) is 6.07 Å². The van der Waals surface area contributed by atoms with Gasteiger partial charge in [-0.2, -0.15) is 0 Å². The van der Waals surface area contributed by atoms with Crippen molar-refractivity contribution in [2.45, 2.75) is 12.5 Å². The summed E-state index contributed by atoms with van der Waals surface area (Å²) in [4.78, 5) is 29.5. The number of imidazole rings is 1. The Balaban J connectivity index is 2.08. The number of carboxylic acid groups (broad SMARTS) is 1. The molecule has 0 saturated heterocycles. The van der Waals surface area contributed by atoms with Crippen molar-refractivity contribution in [3.05, 3.63) is 53.9 Å². The summed E-state index contributed by atoms with van der Waals surface area (Å²) in [5.74, 6) is -2.38. The molecule has 0 spiro atoms. The molecule has 0 radical (unpaired) electrons. The van der Waals surface area contributed by atoms with Gasteiger partial charge in [-0.25, -0.2) is 14.2 Å². The highest BCUT2D eigenvalue weighted by Crippen LogP contribution is 2.05. The van der Waals surface area contributed by atoms with Crippen LogP contribution in [0.3, 0.4) is 0 Å². The van der Waals surface area contributed by atoms with E-state index >= 15 is 0 Å². The van der Waals surface area contributed by atoms with E-state index in [9.17, 15) is 14.0 Å². The van der Waals surface area contributed by atoms with Crippen LogP contribution >= 0.6 is 0 Å². The van der Waals surface area contributed by atoms with Crippen LogP contribution in [0.25, 0.3) is 0 Å². The minimum Gasteiger partial charge on any atom is -0.480 e. The number of hydrogen-bond acceptors (Lipinski definition) is 3. The molecule has 0 bridgehead atoms. The second kappa shape index (κ2) is 5.96. The predicted octanol–water partition coefficient (Wildman–Crippen LogP) is 0.974. The van der Waals surface area contributed by atoms with Crippen molar-refractivity contribution < 1.29 is 19.1 Å². The Morgan fingerprint density at radius 3 is 2.85 bits per heavy atom. The lowest BCUT2D eigenvalue weighted by molar-refractivity contribution is -0.139. The average molecular weight is 277 g/mol. The minimum atomic E-state index is -1.18. The number of carbonyl (C=O) groups is 2. The molecule has 20 heavy (non-hydrogen) atoms. The van der Waals surface area contributed by atoms with Crippen molar-refractivity contribution >= 4 is 11.9 Å². The van der Waals surface area contributed by atoms with Crippen LogP contribution < -0.4 is 5.32 Å². The van der Waals surface area contributed by atoms with Crippen LogP contribution in [0.15, 0.2) is 36.8 Å². The molecule has 104 valence electrons. The van der Waals surface area contributed by atoms with Gasteiger partial charge in [-0.1, -0.05) is 6.07 Å². The Hall–Kier alpha value is -2.70. The van der Waals surface area contributed by atoms with Gasteiger partial charge in [0.05, 0.1) is 6.33 Å². The van der Waals surface area contributed by atoms with Crippen LogP contribution in [0.1, 0.15) is 16.1 Å². The number of nitrogens with one attached hydrogen (secondary N) is 2. The molecule has 0 fully saturated rings. The second-order valence-electron chi connectivity index (χ2n) is 4.16. The summed E-state index contributed by atoms with van der Waals surface area (Å²) in [5.41, 5.74) is 0.651. The van der Waals surface area contributed by atoms with Crippen molar-refractivity contribution in [3.63, 3.8) is 0 Å². The van der Waals surface area contributed by atoms with E-state index in [4.69, 9.17) is 5.11 Å². The molecule has 0 aliphatic heterocycles. The van der Waals surface area contributed by atoms with E-state index < -0.39 is 23.7 Å². The summed E-state index contributed by atoms with van der Waals surface area (Å²) in [6, 6.07) is 3.93. The van der Waals surface area contributed by atoms with E-state index in [1.165, 1.54) is 30.7 Å². The molecule has 1 atom stereocenters. The molecule has 0 aliphatic carbocycles. The first kappa shape index (κ1) is 13.7. The number of aromatic nitrogens is 2. The predicted molar refractivity (Wildman–Crippen MR) is 67.6 cm³/mol. The molecular formula is C13H12FN3O3. The summed E-state index contributed by atoms with van der Waals surface area (Å²) in [5, 5.41) is 11.4. The lowest BCUT2D eigenvalue weighted by atomic mass is 10.1. The number of amides is 1. The number of H-pyrrole nitrogens is 1. The fraction of sp³-hybridized carbons (Fsp3) is 0.154. The Labute approximate surface area is 113 Å². The minimum absolute atomic E-state index is 0.0659. The number of rotatable bonds is 5. The van der Waals surface area contributed by atoms with E-state index in [1.54, 1.807) is 0 Å². The zero-order chi connectivity index (χ0) is 14.5. The molecule has 2 rings (SSSR count). The quantitative estimate of drug-likeness (QED) is 0.759. The van der Waals surface area contributed by atoms with Gasteiger partial charge in [-0.15, -0.1) is 0 Å². The molecule has 1 unspecified atom stereocenters. The summed E-state index contributed by atoms with van der Waals surface area (Å²) in [7, 11) is 0. The van der Waals surface area contributed by atoms with Gasteiger partial charge < -0.3 is 15.4 Å². The van der Waals surface area contributed by atoms with Crippen LogP contribution in [0.2, 0.25) is 0 Å². The van der Waals surface area contributed by atoms with Crippen LogP contribution in [0, 0.1) is 5.82 Å². The number of nitrogens with zero attached hydrogens (tertiary/aromatic N) is 1. The van der Waals surface area contributed by atoms with Gasteiger partial charge in [0.25, 0.3) is 5.91 Å². The van der Waals surface area contributed by atoms with E-state index in [0.29, 0.717) is 5.69 Å². The second-order valence-corrected chi connectivity index (χ2v) is 4.16. The SMILES string of the molecule is O=C(NC(Cc1cnc[nH]1)C(=O)O)c1cccc(F)c1. The molecule has 0 saturated carbocycles. The van der Waals surface area contributed by atoms with Crippen LogP contribution in [-0.2, 0) is 11.2 Å². The van der Waals surface area contributed by atoms with Crippen molar-refractivity contribution in [1.82, 2.24) is 15.3 Å². The van der Waals surface area contributed by atoms with Crippen LogP contribution in [0.5, 0.6) is 0 Å². The summed E-state index contributed by atoms with van der Waals surface area (Å²) < 4.78 is 13.0. The van der Waals surface area contributed by atoms with E-state index in [-0.39, 0.29) is 12.0 Å². The summed E-state index contributed by atoms with van der Waals surface area (Å²) in [6.45, 7) is 0. The Kier molecular flexibility index (Phi) is 4.09. The number of aliphatic carboxylic acids is 1. The number of aromatic amines is 1. The highest BCUT2D eigenvalue weighted by Gasteiger charge is 2.21. The molecule has 1 heterocycles. The molecular weight excluding hydrogens is 265 g/mol. The third-order valence-corrected chi connectivity index (χ3v) is 2.67. The molecule has 1 amide bonds. The van der Waals surface area contributed by atoms with Gasteiger partial charge in [0.15, 0.2) is 0 Å². The Morgan fingerprint density at radius 1 is 1.45 bits per heavy atom. The zero-order valence-electron chi connectivity index (χ0n) is 10.3. The smallest absolute Gasteiger partial charge is 0.326 e. The normalized spacial score (nSPS) is 11.8. The maximum Gasteiger partial charge on any atom is 0.326 e. The molecule has 1 aromatic carbocycles. The van der Waals surface area contributed by atoms with E-state index in [1.807, 2.05) is 0 Å². The van der Waals surface area contributed by atoms with Gasteiger partial charge in [-0.05, 0) is 18.2 Å². The first-order valence-corrected chi connectivity index (χ1v) is 5.83. The number of carbonyl (C=O) groups excluding carboxylic acids is 1. The summed E-state index contributed by atoms with van der Waals surface area (Å²) >= 11 is 0. The first-order chi connectivity index (χ1) is 9.56. The summed E-state index contributed by atoms with van der Waals surface area (Å²) in [6.07, 6.45) is 2.96. The topological polar surface area (TPSA) is 95.1 Å². The lowest BCUT2D eigenvalue weighted by Gasteiger charge is -2.13. The van der Waals surface area contributed by atoms with Crippen LogP contribution in [-0.4, -0.2) is 33.0 Å². The van der Waals surface area contributed by atoms with Gasteiger partial charge in [0.2, 0.25) is 0 Å². The highest BCUT2D eigenvalue weighted by molar-refractivity contribution is 5.96. The van der Waals surface area contributed by atoms with Gasteiger partial charge in [0, 0.05) is 23.9 Å². The maximum atomic E-state index is 13.0. The van der Waals surface area contributed by atoms with Crippen molar-refractivity contribution in [3.8, 4) is 0 Å². The van der Waals surface area contributed by atoms with Crippen LogP contribution in [0.4, 0.5) is 4.39 Å². The lowest BCUT2D eigenvalue weighted by Crippen LogP contribution is -2.42. The Bertz CT molecular complexity index is 613. The van der Waals surface area contributed by atoms with Gasteiger partial charge in [0.1, 0.15) is 11.9 Å². The van der Waals surface area contributed by atoms with Gasteiger partial charge in [-0.3, -0.25) is 4.79 Å². The average Bonchev–Trinajstić information content (AvgIpc) is 2.90. The third kappa shape index (κ3) is 3.41. The fourth-order valence-corrected chi connectivity index (χ4v) is 1.69. The molecule has 0 aliphatic rings. The maximum absolute atomic E-state index is 13.0. The highest BCUT2D eigenvalue weighted by atomic mass is 19.1. The monoisotopic (exact) mass is 277 g/mol. The van der Waals surface area contributed by atoms with Crippen molar-refractivity contribution in [2.75, 3.05) is 0 Å². The molecule has 7 heteroatoms. The molecule has 6 nitrogen and oxygen atoms in total. The van der Waals surface area contributed by atoms with Gasteiger partial charge >= 0.3 is 5.97 Å². The number of carboxylic acids is 1. The third-order valence-electron chi connectivity index (χ3n) is 2.67. The van der Waals surface area contributed by atoms with E-state index in [2.05, 4.69) is 15.3 Å². The van der Waals surface area contributed by atoms with Crippen molar-refractivity contribution in [2.24, 2.45) is 0 Å². The standard InChI is InChI=1S/C13H12FN3O3/c14-9-3-1-2-8(4-9)12(18)17-11(13(19)20)5-10-6-15-7-16-10/h1-4,6-7,11H,5H2,(H,15,16)(H,17,18)(H,19,20). The number of halogens is 1. The van der Waals surface area contributed by atoms with Crippen molar-refractivity contribution in [1.29, 1.82) is 0 Å². The molecule has 3 N–H and O–H groups in total. The number of hydrogen-bond donors (Lipinski definition) is 3. The molecule has 1 aromatic heterocycles. The molecule has 2 aromatic rings. The zero-order valence-corrected chi connectivity index (χ0v) is 10.3. The number of benzene rings is 1. The largest absolute Gasteiger partial charge is 0.480 e. The fourth-order valence-electron chi connectivity index (χ4n) is 1.69.